The lowest BCUT2D eigenvalue weighted by molar-refractivity contribution is -0.137. The molecule has 1 atom stereocenters. The van der Waals surface area contributed by atoms with Gasteiger partial charge in [0.1, 0.15) is 11.7 Å². The topological polar surface area (TPSA) is 91.0 Å². The Morgan fingerprint density at radius 3 is 2.68 bits per heavy atom. The van der Waals surface area contributed by atoms with Crippen molar-refractivity contribution in [1.29, 1.82) is 0 Å². The number of aliphatic hydroxyl groups excluding tert-OH is 1. The van der Waals surface area contributed by atoms with Crippen LogP contribution in [0.3, 0.4) is 0 Å². The van der Waals surface area contributed by atoms with Crippen molar-refractivity contribution in [3.05, 3.63) is 75.6 Å². The zero-order chi connectivity index (χ0) is 21.8. The summed E-state index contributed by atoms with van der Waals surface area (Å²) < 4.78 is 5.51. The van der Waals surface area contributed by atoms with Crippen LogP contribution in [0.5, 0.6) is 0 Å². The molecular weight excluding hydrogens is 394 g/mol. The molecule has 6 heteroatoms. The summed E-state index contributed by atoms with van der Waals surface area (Å²) in [6.45, 7) is 1.77. The van der Waals surface area contributed by atoms with Gasteiger partial charge in [-0.3, -0.25) is 4.79 Å². The maximum absolute atomic E-state index is 12.2. The van der Waals surface area contributed by atoms with Gasteiger partial charge in [-0.25, -0.2) is 4.79 Å². The van der Waals surface area contributed by atoms with Crippen LogP contribution in [0, 0.1) is 0 Å². The van der Waals surface area contributed by atoms with Crippen LogP contribution in [0.4, 0.5) is 5.69 Å². The monoisotopic (exact) mass is 421 g/mol. The van der Waals surface area contributed by atoms with E-state index in [2.05, 4.69) is 4.90 Å². The van der Waals surface area contributed by atoms with Crippen molar-refractivity contribution >= 4 is 22.6 Å². The number of nitrogens with zero attached hydrogens (tertiary/aromatic N) is 1. The molecule has 4 rings (SSSR count). The van der Waals surface area contributed by atoms with E-state index >= 15 is 0 Å². The highest BCUT2D eigenvalue weighted by Crippen LogP contribution is 2.35. The largest absolute Gasteiger partial charge is 0.481 e. The number of carbonyl (C=O) groups is 1. The van der Waals surface area contributed by atoms with E-state index in [1.807, 2.05) is 42.5 Å². The van der Waals surface area contributed by atoms with Gasteiger partial charge in [-0.05, 0) is 42.9 Å². The third-order valence-corrected chi connectivity index (χ3v) is 5.92. The van der Waals surface area contributed by atoms with Gasteiger partial charge in [0.25, 0.3) is 0 Å². The minimum atomic E-state index is -0.903. The molecule has 31 heavy (non-hydrogen) atoms. The molecule has 2 N–H and O–H groups in total. The zero-order valence-electron chi connectivity index (χ0n) is 17.4. The first-order chi connectivity index (χ1) is 15.0. The lowest BCUT2D eigenvalue weighted by Crippen LogP contribution is -2.30. The highest BCUT2D eigenvalue weighted by atomic mass is 16.4. The Kier molecular flexibility index (Phi) is 6.37. The number of benzene rings is 2. The van der Waals surface area contributed by atoms with Crippen LogP contribution in [0.1, 0.15) is 54.9 Å². The van der Waals surface area contributed by atoms with Gasteiger partial charge in [-0.1, -0.05) is 36.8 Å². The smallest absolute Gasteiger partial charge is 0.336 e. The molecule has 1 aliphatic heterocycles. The van der Waals surface area contributed by atoms with E-state index in [4.69, 9.17) is 9.52 Å². The van der Waals surface area contributed by atoms with Gasteiger partial charge in [-0.15, -0.1) is 0 Å². The number of hydrogen-bond acceptors (Lipinski definition) is 5. The fourth-order valence-corrected chi connectivity index (χ4v) is 4.37. The molecule has 0 saturated heterocycles. The summed E-state index contributed by atoms with van der Waals surface area (Å²) in [5, 5.41) is 20.5. The molecule has 0 amide bonds. The minimum Gasteiger partial charge on any atom is -0.481 e. The van der Waals surface area contributed by atoms with Gasteiger partial charge in [0.2, 0.25) is 0 Å². The van der Waals surface area contributed by atoms with Gasteiger partial charge in [-0.2, -0.15) is 0 Å². The summed E-state index contributed by atoms with van der Waals surface area (Å²) in [6, 6.07) is 14.7. The number of carboxylic acid groups (broad SMARTS) is 1. The second-order valence-corrected chi connectivity index (χ2v) is 8.11. The highest BCUT2D eigenvalue weighted by molar-refractivity contribution is 5.86. The Morgan fingerprint density at radius 2 is 1.90 bits per heavy atom. The molecule has 1 unspecified atom stereocenters. The van der Waals surface area contributed by atoms with Crippen LogP contribution in [-0.4, -0.2) is 29.3 Å². The first-order valence-corrected chi connectivity index (χ1v) is 10.8. The molecule has 0 radical (unpaired) electrons. The number of hydrogen-bond donors (Lipinski definition) is 2. The van der Waals surface area contributed by atoms with E-state index in [0.717, 1.165) is 55.4 Å². The van der Waals surface area contributed by atoms with Gasteiger partial charge >= 0.3 is 11.6 Å². The van der Waals surface area contributed by atoms with E-state index in [1.54, 1.807) is 0 Å². The molecule has 162 valence electrons. The van der Waals surface area contributed by atoms with Crippen molar-refractivity contribution in [3.8, 4) is 0 Å². The van der Waals surface area contributed by atoms with E-state index in [0.29, 0.717) is 17.6 Å². The second-order valence-electron chi connectivity index (χ2n) is 8.11. The van der Waals surface area contributed by atoms with Gasteiger partial charge in [0, 0.05) is 48.3 Å². The minimum absolute atomic E-state index is 0.207. The maximum Gasteiger partial charge on any atom is 0.336 e. The molecule has 0 bridgehead atoms. The van der Waals surface area contributed by atoms with Crippen molar-refractivity contribution in [2.45, 2.75) is 44.6 Å². The fourth-order valence-electron chi connectivity index (χ4n) is 4.37. The lowest BCUT2D eigenvalue weighted by Gasteiger charge is -2.32. The van der Waals surface area contributed by atoms with Crippen molar-refractivity contribution in [3.63, 3.8) is 0 Å². The molecule has 6 nitrogen and oxygen atoms in total. The molecule has 2 heterocycles. The number of fused-ring (bicyclic) bond motifs is 2. The Hall–Kier alpha value is -3.12. The number of unbranched alkanes of at least 4 members (excludes halogenated alkanes) is 2. The average molecular weight is 421 g/mol. The third kappa shape index (κ3) is 4.80. The van der Waals surface area contributed by atoms with Crippen LogP contribution >= 0.6 is 0 Å². The Balaban J connectivity index is 1.63. The number of aliphatic hydroxyl groups is 1. The van der Waals surface area contributed by atoms with Crippen molar-refractivity contribution in [2.24, 2.45) is 0 Å². The summed E-state index contributed by atoms with van der Waals surface area (Å²) in [5.41, 5.74) is 3.54. The normalized spacial score (nSPS) is 14.4. The fraction of sp³-hybridized carbons (Fsp3) is 0.360. The number of rotatable bonds is 8. The van der Waals surface area contributed by atoms with Gasteiger partial charge < -0.3 is 19.5 Å². The summed E-state index contributed by atoms with van der Waals surface area (Å²) in [4.78, 5) is 25.2. The van der Waals surface area contributed by atoms with Crippen molar-refractivity contribution in [1.82, 2.24) is 0 Å². The van der Waals surface area contributed by atoms with Crippen molar-refractivity contribution in [2.75, 3.05) is 18.0 Å². The summed E-state index contributed by atoms with van der Waals surface area (Å²) in [6.07, 6.45) is 3.74. The average Bonchev–Trinajstić information content (AvgIpc) is 2.77. The van der Waals surface area contributed by atoms with Crippen LogP contribution in [0.2, 0.25) is 0 Å². The van der Waals surface area contributed by atoms with Crippen LogP contribution in [0.25, 0.3) is 11.0 Å². The lowest BCUT2D eigenvalue weighted by atomic mass is 9.94. The number of aryl methyl sites for hydroxylation is 1. The quantitative estimate of drug-likeness (QED) is 0.417. The molecule has 0 aliphatic carbocycles. The van der Waals surface area contributed by atoms with Gasteiger partial charge in [0.15, 0.2) is 0 Å². The van der Waals surface area contributed by atoms with Crippen molar-refractivity contribution < 1.29 is 19.4 Å². The van der Waals surface area contributed by atoms with E-state index < -0.39 is 17.7 Å². The summed E-state index contributed by atoms with van der Waals surface area (Å²) >= 11 is 0. The molecule has 1 aliphatic rings. The van der Waals surface area contributed by atoms with E-state index in [1.165, 1.54) is 11.6 Å². The van der Waals surface area contributed by atoms with Crippen LogP contribution < -0.4 is 10.5 Å². The zero-order valence-corrected chi connectivity index (χ0v) is 17.4. The third-order valence-electron chi connectivity index (χ3n) is 5.92. The first-order valence-electron chi connectivity index (χ1n) is 10.8. The van der Waals surface area contributed by atoms with Crippen LogP contribution in [-0.2, 0) is 11.2 Å². The van der Waals surface area contributed by atoms with E-state index in [9.17, 15) is 14.7 Å². The molecule has 0 spiro atoms. The molecule has 0 saturated carbocycles. The first kappa shape index (κ1) is 21.1. The summed E-state index contributed by atoms with van der Waals surface area (Å²) in [5.74, 6) is -0.752. The predicted octanol–water partition coefficient (Wildman–Crippen LogP) is 4.27. The Labute approximate surface area is 180 Å². The second kappa shape index (κ2) is 9.35. The highest BCUT2D eigenvalue weighted by Gasteiger charge is 2.22. The molecule has 1 aromatic heterocycles. The maximum atomic E-state index is 12.2. The summed E-state index contributed by atoms with van der Waals surface area (Å²) in [7, 11) is 0. The molecule has 3 aromatic rings. The Morgan fingerprint density at radius 1 is 1.10 bits per heavy atom. The molecular formula is C25H27NO5. The number of anilines is 1. The van der Waals surface area contributed by atoms with E-state index in [-0.39, 0.29) is 6.42 Å². The van der Waals surface area contributed by atoms with Crippen LogP contribution in [0.15, 0.2) is 57.7 Å². The Bertz CT molecular complexity index is 1120. The standard InChI is InChI=1S/C25H27NO5/c27-23(28)11-5-2-6-12-26-13-7-10-18-14-19-20(25(30)17-8-3-1-4-9-17)15-24(29)31-22(19)16-21(18)26/h1,3-4,8-9,14-16,25,30H,2,5-7,10-13H2,(H,27,28). The van der Waals surface area contributed by atoms with Gasteiger partial charge in [0.05, 0.1) is 0 Å². The SMILES string of the molecule is O=C(O)CCCCCN1CCCc2cc3c(C(O)c4ccccc4)cc(=O)oc3cc21. The molecule has 2 aromatic carbocycles. The predicted molar refractivity (Wildman–Crippen MR) is 120 cm³/mol. The molecule has 0 fully saturated rings. The number of aliphatic carboxylic acids is 1. The number of carboxylic acids is 1.